The van der Waals surface area contributed by atoms with E-state index < -0.39 is 5.97 Å². The van der Waals surface area contributed by atoms with E-state index in [2.05, 4.69) is 9.97 Å². The third-order valence-electron chi connectivity index (χ3n) is 2.88. The van der Waals surface area contributed by atoms with Gasteiger partial charge in [-0.1, -0.05) is 0 Å². The van der Waals surface area contributed by atoms with Gasteiger partial charge >= 0.3 is 5.97 Å². The zero-order valence-electron chi connectivity index (χ0n) is 9.67. The SMILES string of the molecule is COc1ccnc(N2CCCC(C(=O)O)C2)n1. The van der Waals surface area contributed by atoms with E-state index >= 15 is 0 Å². The van der Waals surface area contributed by atoms with Crippen LogP contribution < -0.4 is 9.64 Å². The smallest absolute Gasteiger partial charge is 0.308 e. The average Bonchev–Trinajstić information content (AvgIpc) is 2.39. The molecule has 0 radical (unpaired) electrons. The van der Waals surface area contributed by atoms with Crippen molar-refractivity contribution >= 4 is 11.9 Å². The lowest BCUT2D eigenvalue weighted by Gasteiger charge is -2.30. The maximum Gasteiger partial charge on any atom is 0.308 e. The van der Waals surface area contributed by atoms with Crippen LogP contribution in [-0.2, 0) is 4.79 Å². The number of aliphatic carboxylic acids is 1. The van der Waals surface area contributed by atoms with Crippen molar-refractivity contribution in [2.45, 2.75) is 12.8 Å². The molecule has 92 valence electrons. The molecule has 0 bridgehead atoms. The molecule has 1 aliphatic heterocycles. The summed E-state index contributed by atoms with van der Waals surface area (Å²) in [7, 11) is 1.54. The van der Waals surface area contributed by atoms with Crippen LogP contribution >= 0.6 is 0 Å². The molecule has 0 aromatic carbocycles. The van der Waals surface area contributed by atoms with Gasteiger partial charge in [0.2, 0.25) is 11.8 Å². The van der Waals surface area contributed by atoms with Crippen molar-refractivity contribution in [1.29, 1.82) is 0 Å². The fraction of sp³-hybridized carbons (Fsp3) is 0.545. The van der Waals surface area contributed by atoms with Gasteiger partial charge in [0.05, 0.1) is 13.0 Å². The van der Waals surface area contributed by atoms with Crippen LogP contribution in [0.25, 0.3) is 0 Å². The molecule has 1 N–H and O–H groups in total. The van der Waals surface area contributed by atoms with Gasteiger partial charge in [0, 0.05) is 25.4 Å². The monoisotopic (exact) mass is 237 g/mol. The molecule has 6 heteroatoms. The Morgan fingerprint density at radius 1 is 1.65 bits per heavy atom. The Labute approximate surface area is 99.2 Å². The Balaban J connectivity index is 2.13. The normalized spacial score (nSPS) is 20.1. The Kier molecular flexibility index (Phi) is 3.41. The second kappa shape index (κ2) is 4.99. The summed E-state index contributed by atoms with van der Waals surface area (Å²) in [5, 5.41) is 9.01. The number of carboxylic acid groups (broad SMARTS) is 1. The van der Waals surface area contributed by atoms with Crippen molar-refractivity contribution in [1.82, 2.24) is 9.97 Å². The molecule has 1 atom stereocenters. The summed E-state index contributed by atoms with van der Waals surface area (Å²) in [4.78, 5) is 21.2. The lowest BCUT2D eigenvalue weighted by molar-refractivity contribution is -0.141. The summed E-state index contributed by atoms with van der Waals surface area (Å²) >= 11 is 0. The van der Waals surface area contributed by atoms with Crippen molar-refractivity contribution in [2.24, 2.45) is 5.92 Å². The highest BCUT2D eigenvalue weighted by Crippen LogP contribution is 2.21. The topological polar surface area (TPSA) is 75.5 Å². The van der Waals surface area contributed by atoms with Crippen molar-refractivity contribution < 1.29 is 14.6 Å². The first kappa shape index (κ1) is 11.6. The summed E-state index contributed by atoms with van der Waals surface area (Å²) < 4.78 is 5.03. The molecule has 2 heterocycles. The largest absolute Gasteiger partial charge is 0.481 e. The summed E-state index contributed by atoms with van der Waals surface area (Å²) in [5.41, 5.74) is 0. The fourth-order valence-electron chi connectivity index (χ4n) is 1.96. The second-order valence-corrected chi connectivity index (χ2v) is 4.02. The first-order valence-electron chi connectivity index (χ1n) is 5.55. The molecule has 1 fully saturated rings. The number of hydrogen-bond acceptors (Lipinski definition) is 5. The highest BCUT2D eigenvalue weighted by Gasteiger charge is 2.26. The van der Waals surface area contributed by atoms with Crippen LogP contribution in [0.3, 0.4) is 0 Å². The number of rotatable bonds is 3. The molecule has 1 aromatic heterocycles. The van der Waals surface area contributed by atoms with Crippen LogP contribution in [0.4, 0.5) is 5.95 Å². The van der Waals surface area contributed by atoms with Crippen molar-refractivity contribution in [3.8, 4) is 5.88 Å². The van der Waals surface area contributed by atoms with Gasteiger partial charge in [0.1, 0.15) is 0 Å². The van der Waals surface area contributed by atoms with E-state index in [0.29, 0.717) is 18.4 Å². The summed E-state index contributed by atoms with van der Waals surface area (Å²) in [6.45, 7) is 1.25. The molecule has 6 nitrogen and oxygen atoms in total. The van der Waals surface area contributed by atoms with E-state index in [0.717, 1.165) is 19.4 Å². The Morgan fingerprint density at radius 3 is 3.18 bits per heavy atom. The second-order valence-electron chi connectivity index (χ2n) is 4.02. The third kappa shape index (κ3) is 2.64. The Morgan fingerprint density at radius 2 is 2.47 bits per heavy atom. The lowest BCUT2D eigenvalue weighted by atomic mass is 9.99. The average molecular weight is 237 g/mol. The maximum atomic E-state index is 11.0. The standard InChI is InChI=1S/C11H15N3O3/c1-17-9-4-5-12-11(13-9)14-6-2-3-8(7-14)10(15)16/h4-5,8H,2-3,6-7H2,1H3,(H,15,16). The number of piperidine rings is 1. The lowest BCUT2D eigenvalue weighted by Crippen LogP contribution is -2.39. The van der Waals surface area contributed by atoms with Gasteiger partial charge < -0.3 is 14.7 Å². The molecule has 1 aromatic rings. The van der Waals surface area contributed by atoms with E-state index in [1.165, 1.54) is 0 Å². The zero-order valence-corrected chi connectivity index (χ0v) is 9.67. The molecule has 0 saturated carbocycles. The molecular weight excluding hydrogens is 222 g/mol. The van der Waals surface area contributed by atoms with Crippen LogP contribution in [0.2, 0.25) is 0 Å². The van der Waals surface area contributed by atoms with Crippen LogP contribution in [0, 0.1) is 5.92 Å². The Bertz CT molecular complexity index is 411. The number of nitrogens with zero attached hydrogens (tertiary/aromatic N) is 3. The molecule has 17 heavy (non-hydrogen) atoms. The minimum atomic E-state index is -0.752. The van der Waals surface area contributed by atoms with Crippen molar-refractivity contribution in [3.63, 3.8) is 0 Å². The molecular formula is C11H15N3O3. The molecule has 2 rings (SSSR count). The van der Waals surface area contributed by atoms with Gasteiger partial charge in [-0.05, 0) is 12.8 Å². The van der Waals surface area contributed by atoms with E-state index in [-0.39, 0.29) is 5.92 Å². The van der Waals surface area contributed by atoms with E-state index in [1.807, 2.05) is 4.90 Å². The zero-order chi connectivity index (χ0) is 12.3. The molecule has 1 aliphatic rings. The van der Waals surface area contributed by atoms with E-state index in [9.17, 15) is 4.79 Å². The van der Waals surface area contributed by atoms with Crippen LogP contribution in [0.1, 0.15) is 12.8 Å². The quantitative estimate of drug-likeness (QED) is 0.837. The van der Waals surface area contributed by atoms with E-state index in [1.54, 1.807) is 19.4 Å². The number of carbonyl (C=O) groups is 1. The molecule has 0 spiro atoms. The number of ether oxygens (including phenoxy) is 1. The Hall–Kier alpha value is -1.85. The number of methoxy groups -OCH3 is 1. The summed E-state index contributed by atoms with van der Waals surface area (Å²) in [6, 6.07) is 1.67. The molecule has 0 aliphatic carbocycles. The minimum absolute atomic E-state index is 0.335. The number of carboxylic acids is 1. The fourth-order valence-corrected chi connectivity index (χ4v) is 1.96. The van der Waals surface area contributed by atoms with Gasteiger partial charge in [0.25, 0.3) is 0 Å². The van der Waals surface area contributed by atoms with Crippen molar-refractivity contribution in [3.05, 3.63) is 12.3 Å². The number of aromatic nitrogens is 2. The highest BCUT2D eigenvalue weighted by molar-refractivity contribution is 5.71. The minimum Gasteiger partial charge on any atom is -0.481 e. The van der Waals surface area contributed by atoms with Crippen LogP contribution in [0.5, 0.6) is 5.88 Å². The van der Waals surface area contributed by atoms with Crippen molar-refractivity contribution in [2.75, 3.05) is 25.1 Å². The summed E-state index contributed by atoms with van der Waals surface area (Å²) in [5.74, 6) is -0.0566. The highest BCUT2D eigenvalue weighted by atomic mass is 16.5. The third-order valence-corrected chi connectivity index (χ3v) is 2.88. The molecule has 1 unspecified atom stereocenters. The van der Waals surface area contributed by atoms with Crippen LogP contribution in [0.15, 0.2) is 12.3 Å². The molecule has 0 amide bonds. The van der Waals surface area contributed by atoms with Gasteiger partial charge in [-0.15, -0.1) is 0 Å². The predicted octanol–water partition coefficient (Wildman–Crippen LogP) is 0.786. The molecule has 1 saturated heterocycles. The first-order valence-corrected chi connectivity index (χ1v) is 5.55. The number of hydrogen-bond donors (Lipinski definition) is 1. The van der Waals surface area contributed by atoms with Gasteiger partial charge in [-0.2, -0.15) is 4.98 Å². The predicted molar refractivity (Wildman–Crippen MR) is 61.2 cm³/mol. The maximum absolute atomic E-state index is 11.0. The summed E-state index contributed by atoms with van der Waals surface area (Å²) in [6.07, 6.45) is 3.18. The van der Waals surface area contributed by atoms with Gasteiger partial charge in [-0.3, -0.25) is 4.79 Å². The van der Waals surface area contributed by atoms with Crippen LogP contribution in [-0.4, -0.2) is 41.2 Å². The number of anilines is 1. The van der Waals surface area contributed by atoms with Gasteiger partial charge in [0.15, 0.2) is 0 Å². The first-order chi connectivity index (χ1) is 8.20. The van der Waals surface area contributed by atoms with E-state index in [4.69, 9.17) is 9.84 Å². The van der Waals surface area contributed by atoms with Gasteiger partial charge in [-0.25, -0.2) is 4.98 Å².